The van der Waals surface area contributed by atoms with Gasteiger partial charge < -0.3 is 18.7 Å². The van der Waals surface area contributed by atoms with Crippen LogP contribution < -0.4 is 0 Å². The molecule has 1 N–H and O–H groups in total. The normalized spacial score (nSPS) is 46.3. The first-order chi connectivity index (χ1) is 14.1. The average Bonchev–Trinajstić information content (AvgIpc) is 2.82. The molecule has 2 aliphatic heterocycles. The molecule has 0 aromatic carbocycles. The van der Waals surface area contributed by atoms with Crippen molar-refractivity contribution in [2.45, 2.75) is 121 Å². The lowest BCUT2D eigenvalue weighted by molar-refractivity contribution is -0.195. The Kier molecular flexibility index (Phi) is 4.54. The van der Waals surface area contributed by atoms with Crippen LogP contribution in [0.4, 0.5) is 0 Å². The van der Waals surface area contributed by atoms with Crippen molar-refractivity contribution < 1.29 is 24.2 Å². The van der Waals surface area contributed by atoms with Gasteiger partial charge in [-0.15, -0.1) is 0 Å². The molecule has 160 valence electrons. The molecule has 2 rings (SSSR count). The van der Waals surface area contributed by atoms with Crippen molar-refractivity contribution in [3.05, 3.63) is 0 Å². The van der Waals surface area contributed by atoms with E-state index in [1.54, 1.807) is 0 Å². The third-order valence-electron chi connectivity index (χ3n) is 6.89. The summed E-state index contributed by atoms with van der Waals surface area (Å²) in [6.45, 7) is 21.1. The van der Waals surface area contributed by atoms with E-state index in [4.69, 9.17) is 25.6 Å². The highest BCUT2D eigenvalue weighted by Gasteiger charge is 2.56. The van der Waals surface area contributed by atoms with Crippen LogP contribution in [0.25, 0.3) is 0 Å². The molecule has 4 nitrogen and oxygen atoms in total. The van der Waals surface area contributed by atoms with E-state index < -0.39 is 53.1 Å². The molecule has 6 unspecified atom stereocenters. The van der Waals surface area contributed by atoms with E-state index in [0.717, 1.165) is 0 Å². The summed E-state index contributed by atoms with van der Waals surface area (Å²) in [7, 11) is -4.45. The summed E-state index contributed by atoms with van der Waals surface area (Å²) in [5, 5.41) is 4.67. The van der Waals surface area contributed by atoms with Gasteiger partial charge in [0.25, 0.3) is 0 Å². The predicted molar refractivity (Wildman–Crippen MR) is 117 cm³/mol. The highest BCUT2D eigenvalue weighted by Crippen LogP contribution is 2.50. The molecule has 0 aromatic heterocycles. The Morgan fingerprint density at radius 2 is 1.44 bits per heavy atom. The lowest BCUT2D eigenvalue weighted by atomic mass is 9.91. The zero-order valence-corrected chi connectivity index (χ0v) is 21.0. The topological polar surface area (TPSA) is 47.9 Å². The van der Waals surface area contributed by atoms with E-state index in [2.05, 4.69) is 67.7 Å². The van der Waals surface area contributed by atoms with Crippen molar-refractivity contribution in [3.63, 3.8) is 0 Å². The molecule has 0 saturated carbocycles. The van der Waals surface area contributed by atoms with E-state index in [9.17, 15) is 0 Å². The Balaban J connectivity index is 2.45. The van der Waals surface area contributed by atoms with Gasteiger partial charge in [0.2, 0.25) is 1.43 Å². The second-order valence-electron chi connectivity index (χ2n) is 11.3. The van der Waals surface area contributed by atoms with E-state index in [0.29, 0.717) is 0 Å². The van der Waals surface area contributed by atoms with Crippen LogP contribution in [0.15, 0.2) is 0 Å². The van der Waals surface area contributed by atoms with Crippen LogP contribution in [0.1, 0.15) is 72.6 Å². The van der Waals surface area contributed by atoms with Crippen molar-refractivity contribution in [2.75, 3.05) is 13.2 Å². The second kappa shape index (κ2) is 7.20. The van der Waals surface area contributed by atoms with Crippen LogP contribution in [0, 0.1) is 0 Å². The molecule has 6 heteroatoms. The third-order valence-corrected chi connectivity index (χ3v) is 15.8. The molecule has 2 saturated heterocycles. The van der Waals surface area contributed by atoms with Crippen molar-refractivity contribution >= 4 is 16.6 Å². The van der Waals surface area contributed by atoms with Gasteiger partial charge in [0, 0.05) is 16.9 Å². The van der Waals surface area contributed by atoms with Gasteiger partial charge in [0.15, 0.2) is 16.6 Å². The van der Waals surface area contributed by atoms with Gasteiger partial charge in [-0.25, -0.2) is 0 Å². The van der Waals surface area contributed by atoms with Crippen LogP contribution in [0.5, 0.6) is 0 Å². The predicted octanol–water partition coefficient (Wildman–Crippen LogP) is 5.47. The molecule has 0 aromatic rings. The molecule has 2 fully saturated rings. The zero-order valence-electron chi connectivity index (χ0n) is 24.0. The van der Waals surface area contributed by atoms with Gasteiger partial charge in [-0.2, -0.15) is 0 Å². The number of rotatable bonds is 7. The summed E-state index contributed by atoms with van der Waals surface area (Å²) in [5.74, 6) is 0. The molecule has 0 aliphatic carbocycles. The van der Waals surface area contributed by atoms with Crippen molar-refractivity contribution in [2.24, 2.45) is 0 Å². The SMILES string of the molecule is [2H]OC1([2H])CC2(CO[Si](C)(C)C(C)(C)C)OC(CO[Si](C)(C)C(C)(C)C)(C([2H])C2[2H])C1[2H]. The minimum atomic E-state index is -2.25. The Bertz CT molecular complexity index is 699. The lowest BCUT2D eigenvalue weighted by Crippen LogP contribution is -2.54. The van der Waals surface area contributed by atoms with Crippen molar-refractivity contribution in [1.82, 2.24) is 0 Å². The van der Waals surface area contributed by atoms with E-state index >= 15 is 0 Å². The maximum atomic E-state index is 8.90. The Labute approximate surface area is 176 Å². The Hall–Kier alpha value is 0.274. The molecular weight excluding hydrogens is 372 g/mol. The van der Waals surface area contributed by atoms with Crippen LogP contribution in [0.2, 0.25) is 36.3 Å². The molecular formula is C21H44O4Si2. The van der Waals surface area contributed by atoms with Crippen LogP contribution in [-0.4, -0.2) is 53.7 Å². The summed E-state index contributed by atoms with van der Waals surface area (Å²) >= 11 is 0. The summed E-state index contributed by atoms with van der Waals surface area (Å²) in [5.41, 5.74) is -2.82. The molecule has 6 atom stereocenters. The maximum Gasteiger partial charge on any atom is 0.210 e. The van der Waals surface area contributed by atoms with E-state index in [1.165, 1.54) is 0 Å². The molecule has 2 heterocycles. The van der Waals surface area contributed by atoms with Gasteiger partial charge in [-0.1, -0.05) is 41.5 Å². The van der Waals surface area contributed by atoms with Crippen molar-refractivity contribution in [3.8, 4) is 0 Å². The molecule has 0 spiro atoms. The Morgan fingerprint density at radius 1 is 1.00 bits per heavy atom. The fraction of sp³-hybridized carbons (Fsp3) is 1.00. The first kappa shape index (κ1) is 17.0. The Morgan fingerprint density at radius 3 is 1.89 bits per heavy atom. The monoisotopic (exact) mass is 421 g/mol. The van der Waals surface area contributed by atoms with Crippen LogP contribution in [0.3, 0.4) is 0 Å². The van der Waals surface area contributed by atoms with Gasteiger partial charge in [0.05, 0.1) is 31.9 Å². The molecule has 0 amide bonds. The highest BCUT2D eigenvalue weighted by atomic mass is 28.4. The quantitative estimate of drug-likeness (QED) is 0.553. The van der Waals surface area contributed by atoms with Gasteiger partial charge in [-0.05, 0) is 49.1 Å². The van der Waals surface area contributed by atoms with Gasteiger partial charge in [-0.3, -0.25) is 0 Å². The van der Waals surface area contributed by atoms with Crippen LogP contribution in [-0.2, 0) is 13.6 Å². The largest absolute Gasteiger partial charge is 0.414 e. The highest BCUT2D eigenvalue weighted by molar-refractivity contribution is 6.74. The van der Waals surface area contributed by atoms with E-state index in [1.807, 2.05) is 0 Å². The van der Waals surface area contributed by atoms with Crippen molar-refractivity contribution in [1.29, 1.82) is 1.43 Å². The third kappa shape index (κ3) is 5.07. The molecule has 2 aliphatic rings. The minimum absolute atomic E-state index is 0.0472. The smallest absolute Gasteiger partial charge is 0.210 e. The summed E-state index contributed by atoms with van der Waals surface area (Å²) in [6, 6.07) is 0. The number of hydrogen-bond donors (Lipinski definition) is 1. The average molecular weight is 422 g/mol. The number of fused-ring (bicyclic) bond motifs is 2. The lowest BCUT2D eigenvalue weighted by Gasteiger charge is -2.46. The fourth-order valence-electron chi connectivity index (χ4n) is 2.81. The molecule has 2 bridgehead atoms. The second-order valence-corrected chi connectivity index (χ2v) is 21.0. The maximum absolute atomic E-state index is 8.90. The number of ether oxygens (including phenoxy) is 1. The number of hydrogen-bond acceptors (Lipinski definition) is 4. The standard InChI is InChI=1S/C21H44O4Si2/c1-18(2,3)26(7,8)23-15-20-11-12-21(25-20,14-17(22)13-20)16-24-27(9,10)19(4,5)6/h17,22H,11-16H2,1-10H3/i11D,12D,13D,17D,22D. The fourth-order valence-corrected chi connectivity index (χ4v) is 4.86. The summed E-state index contributed by atoms with van der Waals surface area (Å²) < 4.78 is 62.3. The number of aliphatic hydroxyl groups is 1. The minimum Gasteiger partial charge on any atom is -0.414 e. The molecule has 27 heavy (non-hydrogen) atoms. The van der Waals surface area contributed by atoms with Crippen LogP contribution >= 0.6 is 0 Å². The summed E-state index contributed by atoms with van der Waals surface area (Å²) in [4.78, 5) is 0. The van der Waals surface area contributed by atoms with Gasteiger partial charge in [0.1, 0.15) is 0 Å². The summed E-state index contributed by atoms with van der Waals surface area (Å²) in [6.07, 6.45) is -5.58. The van der Waals surface area contributed by atoms with E-state index in [-0.39, 0.29) is 29.7 Å². The first-order valence-corrected chi connectivity index (χ1v) is 15.8. The zero-order chi connectivity index (χ0) is 25.2. The molecule has 0 radical (unpaired) electrons. The van der Waals surface area contributed by atoms with Gasteiger partial charge >= 0.3 is 0 Å². The first-order valence-electron chi connectivity index (χ1n) is 12.6.